The number of hydrogen-bond donors (Lipinski definition) is 2. The van der Waals surface area contributed by atoms with E-state index in [1.807, 2.05) is 53.2 Å². The van der Waals surface area contributed by atoms with E-state index in [-0.39, 0.29) is 11.9 Å². The molecule has 0 aliphatic carbocycles. The summed E-state index contributed by atoms with van der Waals surface area (Å²) in [4.78, 5) is 33.7. The molecular formula is C25H24ClN5O2. The quantitative estimate of drug-likeness (QED) is 0.323. The Bertz CT molecular complexity index is 1280. The van der Waals surface area contributed by atoms with Gasteiger partial charge >= 0.3 is 0 Å². The van der Waals surface area contributed by atoms with Crippen LogP contribution in [0, 0.1) is 0 Å². The average Bonchev–Trinajstić information content (AvgIpc) is 3.48. The van der Waals surface area contributed by atoms with Crippen LogP contribution in [0.5, 0.6) is 0 Å². The van der Waals surface area contributed by atoms with E-state index in [9.17, 15) is 9.59 Å². The molecular weight excluding hydrogens is 438 g/mol. The molecule has 2 amide bonds. The summed E-state index contributed by atoms with van der Waals surface area (Å²) in [7, 11) is 0. The highest BCUT2D eigenvalue weighted by molar-refractivity contribution is 6.31. The van der Waals surface area contributed by atoms with Crippen molar-refractivity contribution >= 4 is 34.8 Å². The molecule has 1 atom stereocenters. The van der Waals surface area contributed by atoms with Crippen molar-refractivity contribution in [3.8, 4) is 0 Å². The Morgan fingerprint density at radius 2 is 2.09 bits per heavy atom. The van der Waals surface area contributed by atoms with Gasteiger partial charge in [0.15, 0.2) is 0 Å². The highest BCUT2D eigenvalue weighted by Gasteiger charge is 2.31. The van der Waals surface area contributed by atoms with Crippen molar-refractivity contribution < 1.29 is 9.59 Å². The number of carbonyl (C=O) groups is 2. The van der Waals surface area contributed by atoms with E-state index in [4.69, 9.17) is 11.6 Å². The van der Waals surface area contributed by atoms with Crippen molar-refractivity contribution in [2.45, 2.75) is 25.4 Å². The number of H-pyrrole nitrogens is 1. The van der Waals surface area contributed by atoms with Gasteiger partial charge in [-0.25, -0.2) is 4.98 Å². The number of aromatic amines is 1. The zero-order valence-corrected chi connectivity index (χ0v) is 18.8. The van der Waals surface area contributed by atoms with Gasteiger partial charge < -0.3 is 19.8 Å². The molecule has 0 spiro atoms. The third-order valence-corrected chi connectivity index (χ3v) is 6.42. The normalized spacial score (nSPS) is 15.4. The van der Waals surface area contributed by atoms with Gasteiger partial charge in [0, 0.05) is 59.2 Å². The number of nitrogens with zero attached hydrogens (tertiary/aromatic N) is 3. The molecule has 0 bridgehead atoms. The number of amides is 2. The summed E-state index contributed by atoms with van der Waals surface area (Å²) in [6, 6.07) is 13.1. The summed E-state index contributed by atoms with van der Waals surface area (Å²) >= 11 is 6.22. The lowest BCUT2D eigenvalue weighted by atomic mass is 9.92. The Morgan fingerprint density at radius 1 is 1.24 bits per heavy atom. The van der Waals surface area contributed by atoms with E-state index in [2.05, 4.69) is 15.3 Å². The van der Waals surface area contributed by atoms with Gasteiger partial charge in [0.25, 0.3) is 5.91 Å². The van der Waals surface area contributed by atoms with Crippen molar-refractivity contribution in [1.82, 2.24) is 24.8 Å². The fourth-order valence-corrected chi connectivity index (χ4v) is 4.72. The van der Waals surface area contributed by atoms with E-state index < -0.39 is 0 Å². The largest absolute Gasteiger partial charge is 0.356 e. The molecule has 1 aliphatic heterocycles. The summed E-state index contributed by atoms with van der Waals surface area (Å²) in [6.07, 6.45) is 7.90. The van der Waals surface area contributed by atoms with E-state index in [1.165, 1.54) is 5.56 Å². The fraction of sp³-hybridized carbons (Fsp3) is 0.240. The van der Waals surface area contributed by atoms with Crippen molar-refractivity contribution in [2.75, 3.05) is 13.1 Å². The fourth-order valence-electron chi connectivity index (χ4n) is 4.55. The zero-order valence-electron chi connectivity index (χ0n) is 18.0. The summed E-state index contributed by atoms with van der Waals surface area (Å²) in [5.74, 6) is -0.107. The maximum atomic E-state index is 12.5. The Labute approximate surface area is 196 Å². The molecule has 1 aliphatic rings. The van der Waals surface area contributed by atoms with Gasteiger partial charge in [0.2, 0.25) is 6.41 Å². The van der Waals surface area contributed by atoms with Crippen LogP contribution in [-0.4, -0.2) is 44.8 Å². The van der Waals surface area contributed by atoms with Gasteiger partial charge in [-0.3, -0.25) is 9.59 Å². The Kier molecular flexibility index (Phi) is 5.88. The number of hydrogen-bond acceptors (Lipinski definition) is 3. The van der Waals surface area contributed by atoms with Crippen LogP contribution in [0.3, 0.4) is 0 Å². The molecule has 0 saturated heterocycles. The van der Waals surface area contributed by atoms with Gasteiger partial charge in [0.05, 0.1) is 12.4 Å². The molecule has 1 unspecified atom stereocenters. The monoisotopic (exact) mass is 461 g/mol. The predicted molar refractivity (Wildman–Crippen MR) is 127 cm³/mol. The van der Waals surface area contributed by atoms with Crippen LogP contribution >= 0.6 is 11.6 Å². The molecule has 2 N–H and O–H groups in total. The highest BCUT2D eigenvalue weighted by atomic mass is 35.5. The van der Waals surface area contributed by atoms with E-state index in [0.717, 1.165) is 48.0 Å². The van der Waals surface area contributed by atoms with Crippen molar-refractivity contribution in [3.05, 3.63) is 88.6 Å². The summed E-state index contributed by atoms with van der Waals surface area (Å²) in [6.45, 7) is 2.02. The number of rotatable bonds is 7. The number of halogens is 1. The number of imidazole rings is 1. The minimum atomic E-state index is -0.232. The predicted octanol–water partition coefficient (Wildman–Crippen LogP) is 3.94. The second kappa shape index (κ2) is 9.11. The van der Waals surface area contributed by atoms with Gasteiger partial charge in [-0.1, -0.05) is 23.7 Å². The molecule has 0 fully saturated rings. The number of benzene rings is 2. The highest BCUT2D eigenvalue weighted by Crippen LogP contribution is 2.38. The average molecular weight is 462 g/mol. The minimum absolute atomic E-state index is 0.107. The second-order valence-corrected chi connectivity index (χ2v) is 8.67. The Balaban J connectivity index is 1.33. The summed E-state index contributed by atoms with van der Waals surface area (Å²) in [5, 5.41) is 4.75. The molecule has 168 valence electrons. The van der Waals surface area contributed by atoms with Crippen LogP contribution in [0.15, 0.2) is 61.2 Å². The first-order valence-corrected chi connectivity index (χ1v) is 11.4. The van der Waals surface area contributed by atoms with Gasteiger partial charge in [0.1, 0.15) is 0 Å². The Morgan fingerprint density at radius 3 is 2.85 bits per heavy atom. The van der Waals surface area contributed by atoms with Gasteiger partial charge in [-0.2, -0.15) is 0 Å². The lowest BCUT2D eigenvalue weighted by Crippen LogP contribution is -2.35. The van der Waals surface area contributed by atoms with E-state index in [1.54, 1.807) is 17.4 Å². The lowest BCUT2D eigenvalue weighted by molar-refractivity contribution is -0.120. The van der Waals surface area contributed by atoms with E-state index in [0.29, 0.717) is 23.7 Å². The molecule has 33 heavy (non-hydrogen) atoms. The molecule has 0 saturated carbocycles. The van der Waals surface area contributed by atoms with Crippen molar-refractivity contribution in [3.63, 3.8) is 0 Å². The van der Waals surface area contributed by atoms with Crippen LogP contribution in [0.1, 0.15) is 39.6 Å². The first-order valence-electron chi connectivity index (χ1n) is 11.0. The van der Waals surface area contributed by atoms with Crippen LogP contribution in [-0.2, 0) is 17.8 Å². The number of aromatic nitrogens is 3. The van der Waals surface area contributed by atoms with E-state index >= 15 is 0 Å². The lowest BCUT2D eigenvalue weighted by Gasteiger charge is -2.33. The standard InChI is InChI=1S/C25H24ClN5O2/c26-19-6-7-22-21(14-19)20-8-12-31(16-32)24(23(20)29-22)17-2-4-18(5-3-17)25(33)28-9-1-11-30-13-10-27-15-30/h2-7,10,13-16,24,29H,1,8-9,11-12H2,(H,28,33). The van der Waals surface area contributed by atoms with Crippen molar-refractivity contribution in [2.24, 2.45) is 0 Å². The van der Waals surface area contributed by atoms with Crippen LogP contribution < -0.4 is 5.32 Å². The number of nitrogens with one attached hydrogen (secondary N) is 2. The third kappa shape index (κ3) is 4.24. The SMILES string of the molecule is O=CN1CCc2c([nH]c3ccc(Cl)cc23)C1c1ccc(C(=O)NCCCn2ccnc2)cc1. The molecule has 5 rings (SSSR count). The smallest absolute Gasteiger partial charge is 0.251 e. The molecule has 2 aromatic carbocycles. The molecule has 3 heterocycles. The third-order valence-electron chi connectivity index (χ3n) is 6.19. The molecule has 8 heteroatoms. The van der Waals surface area contributed by atoms with Crippen LogP contribution in [0.4, 0.5) is 0 Å². The first-order chi connectivity index (χ1) is 16.1. The summed E-state index contributed by atoms with van der Waals surface area (Å²) in [5.41, 5.74) is 4.75. The maximum Gasteiger partial charge on any atom is 0.251 e. The first kappa shape index (κ1) is 21.3. The maximum absolute atomic E-state index is 12.5. The van der Waals surface area contributed by atoms with Crippen LogP contribution in [0.25, 0.3) is 10.9 Å². The Hall–Kier alpha value is -3.58. The van der Waals surface area contributed by atoms with Gasteiger partial charge in [-0.05, 0) is 54.3 Å². The molecule has 7 nitrogen and oxygen atoms in total. The van der Waals surface area contributed by atoms with Crippen molar-refractivity contribution in [1.29, 1.82) is 0 Å². The zero-order chi connectivity index (χ0) is 22.8. The number of aryl methyl sites for hydroxylation is 1. The topological polar surface area (TPSA) is 83.0 Å². The molecule has 4 aromatic rings. The second-order valence-electron chi connectivity index (χ2n) is 8.23. The summed E-state index contributed by atoms with van der Waals surface area (Å²) < 4.78 is 1.98. The number of fused-ring (bicyclic) bond motifs is 3. The van der Waals surface area contributed by atoms with Gasteiger partial charge in [-0.15, -0.1) is 0 Å². The minimum Gasteiger partial charge on any atom is -0.356 e. The molecule has 2 aromatic heterocycles. The number of carbonyl (C=O) groups excluding carboxylic acids is 2. The van der Waals surface area contributed by atoms with Crippen LogP contribution in [0.2, 0.25) is 5.02 Å². The molecule has 0 radical (unpaired) electrons.